The average molecular weight is 262 g/mol. The van der Waals surface area contributed by atoms with Gasteiger partial charge in [-0.25, -0.2) is 0 Å². The predicted molar refractivity (Wildman–Crippen MR) is 81.1 cm³/mol. The Kier molecular flexibility index (Phi) is 4.70. The second-order valence-electron chi connectivity index (χ2n) is 5.62. The van der Waals surface area contributed by atoms with Crippen LogP contribution in [0.2, 0.25) is 0 Å². The minimum atomic E-state index is 0.298. The predicted octanol–water partition coefficient (Wildman–Crippen LogP) is 3.05. The molecule has 106 valence electrons. The number of hydrogen-bond acceptors (Lipinski definition) is 3. The summed E-state index contributed by atoms with van der Waals surface area (Å²) >= 11 is 0. The van der Waals surface area contributed by atoms with Crippen molar-refractivity contribution in [1.82, 2.24) is 5.32 Å². The lowest BCUT2D eigenvalue weighted by molar-refractivity contribution is 0.349. The Hall–Kier alpha value is -1.22. The molecule has 1 aromatic rings. The first-order valence-electron chi connectivity index (χ1n) is 7.29. The largest absolute Gasteiger partial charge is 0.497 e. The van der Waals surface area contributed by atoms with E-state index in [1.807, 2.05) is 6.07 Å². The van der Waals surface area contributed by atoms with Crippen LogP contribution in [-0.2, 0) is 0 Å². The molecule has 3 nitrogen and oxygen atoms in total. The zero-order valence-corrected chi connectivity index (χ0v) is 12.4. The summed E-state index contributed by atoms with van der Waals surface area (Å²) in [6, 6.07) is 8.30. The summed E-state index contributed by atoms with van der Waals surface area (Å²) in [5.74, 6) is 0.924. The molecule has 2 rings (SSSR count). The second kappa shape index (κ2) is 6.29. The van der Waals surface area contributed by atoms with Crippen molar-refractivity contribution in [1.29, 1.82) is 0 Å². The van der Waals surface area contributed by atoms with Gasteiger partial charge in [0.25, 0.3) is 0 Å². The lowest BCUT2D eigenvalue weighted by Crippen LogP contribution is -2.49. The molecule has 1 N–H and O–H groups in total. The molecule has 1 aliphatic rings. The summed E-state index contributed by atoms with van der Waals surface area (Å²) in [7, 11) is 3.89. The highest BCUT2D eigenvalue weighted by Gasteiger charge is 2.33. The normalized spacial score (nSPS) is 22.5. The van der Waals surface area contributed by atoms with Crippen LogP contribution in [0.15, 0.2) is 24.3 Å². The van der Waals surface area contributed by atoms with Crippen LogP contribution in [0.3, 0.4) is 0 Å². The van der Waals surface area contributed by atoms with Crippen LogP contribution in [-0.4, -0.2) is 32.8 Å². The first-order chi connectivity index (χ1) is 9.19. The molecule has 0 aromatic heterocycles. The lowest BCUT2D eigenvalue weighted by atomic mass is 9.91. The van der Waals surface area contributed by atoms with E-state index in [-0.39, 0.29) is 0 Å². The van der Waals surface area contributed by atoms with Crippen LogP contribution in [0.1, 0.15) is 32.6 Å². The maximum absolute atomic E-state index is 5.31. The van der Waals surface area contributed by atoms with Crippen molar-refractivity contribution in [3.8, 4) is 5.75 Å². The third-order valence-corrected chi connectivity index (χ3v) is 4.09. The first-order valence-corrected chi connectivity index (χ1v) is 7.29. The summed E-state index contributed by atoms with van der Waals surface area (Å²) in [5.41, 5.74) is 1.52. The van der Waals surface area contributed by atoms with E-state index >= 15 is 0 Å². The highest BCUT2D eigenvalue weighted by Crippen LogP contribution is 2.28. The smallest absolute Gasteiger partial charge is 0.120 e. The standard InChI is InChI=1S/C16H26N2O/c1-4-9-16(10-6-11-17-16)13-18(2)14-7-5-8-15(12-14)19-3/h5,7-8,12,17H,4,6,9-11,13H2,1-3H3. The van der Waals surface area contributed by atoms with Gasteiger partial charge >= 0.3 is 0 Å². The molecule has 0 saturated carbocycles. The van der Waals surface area contributed by atoms with Gasteiger partial charge in [0.15, 0.2) is 0 Å². The van der Waals surface area contributed by atoms with Crippen LogP contribution in [0.25, 0.3) is 0 Å². The van der Waals surface area contributed by atoms with E-state index in [2.05, 4.69) is 42.4 Å². The molecule has 1 aliphatic heterocycles. The molecule has 1 saturated heterocycles. The number of methoxy groups -OCH3 is 1. The zero-order chi connectivity index (χ0) is 13.7. The van der Waals surface area contributed by atoms with Crippen molar-refractivity contribution in [2.75, 3.05) is 32.1 Å². The molecule has 0 bridgehead atoms. The van der Waals surface area contributed by atoms with Gasteiger partial charge in [-0.3, -0.25) is 0 Å². The SMILES string of the molecule is CCCC1(CN(C)c2cccc(OC)c2)CCCN1. The molecule has 3 heteroatoms. The van der Waals surface area contributed by atoms with E-state index in [9.17, 15) is 0 Å². The number of likely N-dealkylation sites (N-methyl/N-ethyl adjacent to an activating group) is 1. The van der Waals surface area contributed by atoms with E-state index < -0.39 is 0 Å². The summed E-state index contributed by atoms with van der Waals surface area (Å²) in [6.07, 6.45) is 5.07. The van der Waals surface area contributed by atoms with Crippen molar-refractivity contribution in [2.45, 2.75) is 38.1 Å². The quantitative estimate of drug-likeness (QED) is 0.853. The maximum atomic E-state index is 5.31. The molecule has 1 atom stereocenters. The van der Waals surface area contributed by atoms with Crippen LogP contribution in [0.5, 0.6) is 5.75 Å². The summed E-state index contributed by atoms with van der Waals surface area (Å²) in [4.78, 5) is 2.34. The van der Waals surface area contributed by atoms with E-state index in [0.717, 1.165) is 18.8 Å². The van der Waals surface area contributed by atoms with E-state index in [1.165, 1.54) is 31.4 Å². The van der Waals surface area contributed by atoms with Crippen LogP contribution in [0, 0.1) is 0 Å². The fourth-order valence-corrected chi connectivity index (χ4v) is 3.17. The summed E-state index contributed by atoms with van der Waals surface area (Å²) < 4.78 is 5.31. The van der Waals surface area contributed by atoms with Gasteiger partial charge in [-0.1, -0.05) is 19.4 Å². The number of hydrogen-bond donors (Lipinski definition) is 1. The number of ether oxygens (including phenoxy) is 1. The Morgan fingerprint density at radius 2 is 2.26 bits per heavy atom. The Labute approximate surface area is 116 Å². The van der Waals surface area contributed by atoms with Crippen molar-refractivity contribution in [3.63, 3.8) is 0 Å². The van der Waals surface area contributed by atoms with Crippen LogP contribution < -0.4 is 15.0 Å². The Morgan fingerprint density at radius 3 is 2.89 bits per heavy atom. The molecule has 0 aliphatic carbocycles. The lowest BCUT2D eigenvalue weighted by Gasteiger charge is -2.35. The molecule has 19 heavy (non-hydrogen) atoms. The molecule has 1 fully saturated rings. The van der Waals surface area contributed by atoms with Crippen molar-refractivity contribution in [2.24, 2.45) is 0 Å². The molecule has 0 radical (unpaired) electrons. The Balaban J connectivity index is 2.08. The number of nitrogens with zero attached hydrogens (tertiary/aromatic N) is 1. The minimum absolute atomic E-state index is 0.298. The Bertz CT molecular complexity index is 399. The van der Waals surface area contributed by atoms with Gasteiger partial charge in [-0.05, 0) is 37.9 Å². The summed E-state index contributed by atoms with van der Waals surface area (Å²) in [5, 5.41) is 3.73. The Morgan fingerprint density at radius 1 is 1.42 bits per heavy atom. The zero-order valence-electron chi connectivity index (χ0n) is 12.4. The monoisotopic (exact) mass is 262 g/mol. The van der Waals surface area contributed by atoms with Gasteiger partial charge in [0.05, 0.1) is 7.11 Å². The molecular formula is C16H26N2O. The highest BCUT2D eigenvalue weighted by molar-refractivity contribution is 5.50. The fraction of sp³-hybridized carbons (Fsp3) is 0.625. The molecule has 1 heterocycles. The number of benzene rings is 1. The maximum Gasteiger partial charge on any atom is 0.120 e. The van der Waals surface area contributed by atoms with Gasteiger partial charge in [-0.2, -0.15) is 0 Å². The van der Waals surface area contributed by atoms with Crippen molar-refractivity contribution >= 4 is 5.69 Å². The fourth-order valence-electron chi connectivity index (χ4n) is 3.17. The van der Waals surface area contributed by atoms with Crippen LogP contribution >= 0.6 is 0 Å². The van der Waals surface area contributed by atoms with Gasteiger partial charge in [0.1, 0.15) is 5.75 Å². The average Bonchev–Trinajstić information content (AvgIpc) is 2.87. The van der Waals surface area contributed by atoms with Gasteiger partial charge in [0.2, 0.25) is 0 Å². The van der Waals surface area contributed by atoms with E-state index in [0.29, 0.717) is 5.54 Å². The second-order valence-corrected chi connectivity index (χ2v) is 5.62. The van der Waals surface area contributed by atoms with E-state index in [1.54, 1.807) is 7.11 Å². The third kappa shape index (κ3) is 3.41. The van der Waals surface area contributed by atoms with E-state index in [4.69, 9.17) is 4.74 Å². The first kappa shape index (κ1) is 14.2. The molecule has 0 amide bonds. The minimum Gasteiger partial charge on any atom is -0.497 e. The summed E-state index contributed by atoms with van der Waals surface area (Å²) in [6.45, 7) is 4.49. The van der Waals surface area contributed by atoms with Gasteiger partial charge in [0, 0.05) is 30.9 Å². The molecule has 1 unspecified atom stereocenters. The third-order valence-electron chi connectivity index (χ3n) is 4.09. The van der Waals surface area contributed by atoms with Gasteiger partial charge in [-0.15, -0.1) is 0 Å². The van der Waals surface area contributed by atoms with Crippen molar-refractivity contribution < 1.29 is 4.74 Å². The number of anilines is 1. The van der Waals surface area contributed by atoms with Crippen molar-refractivity contribution in [3.05, 3.63) is 24.3 Å². The number of nitrogens with one attached hydrogen (secondary N) is 1. The molecule has 0 spiro atoms. The topological polar surface area (TPSA) is 24.5 Å². The highest BCUT2D eigenvalue weighted by atomic mass is 16.5. The van der Waals surface area contributed by atoms with Crippen LogP contribution in [0.4, 0.5) is 5.69 Å². The van der Waals surface area contributed by atoms with Gasteiger partial charge < -0.3 is 15.0 Å². The molecule has 1 aromatic carbocycles. The molecular weight excluding hydrogens is 236 g/mol. The number of rotatable bonds is 6.